The summed E-state index contributed by atoms with van der Waals surface area (Å²) in [4.78, 5) is 0. The van der Waals surface area contributed by atoms with Crippen molar-refractivity contribution in [1.29, 1.82) is 0 Å². The average molecular weight is 1310 g/mol. The largest absolute Gasteiger partial charge is 0.0651 e. The maximum Gasteiger partial charge on any atom is -0.0297 e. The zero-order valence-electron chi connectivity index (χ0n) is 69.9. The van der Waals surface area contributed by atoms with Gasteiger partial charge in [-0.05, 0) is 242 Å². The maximum absolute atomic E-state index is 2.48. The summed E-state index contributed by atoms with van der Waals surface area (Å²) < 4.78 is 0. The van der Waals surface area contributed by atoms with Gasteiger partial charge in [0.1, 0.15) is 0 Å². The molecule has 0 amide bonds. The van der Waals surface area contributed by atoms with Crippen molar-refractivity contribution in [3.63, 3.8) is 0 Å². The van der Waals surface area contributed by atoms with E-state index in [0.717, 1.165) is 124 Å². The summed E-state index contributed by atoms with van der Waals surface area (Å²) in [6.07, 6.45) is 66.9. The standard InChI is InChI=1S/C11H22.2C9H16.3C9H18.C8H14.2C8H16.2C7H14/c1-9-10(2,3)7-6-8-11(9,4)5;1-7-5-8-3-4-9(7,2)6-8;1-6-7(2)9-4-3-8(6)5-9;1-8-4-6-9(2,3)7-5-8;1-8-6-4-5-7-9(8,2)3;1-7-5-4-6-8(2)9(7)3;1-6-4-7-2-3-8(6)5-7;1-7-5-3-4-6-8(7)2;1-2-8-6-4-3-5-7-8;1-7-5-3-2-4-6-7;1-2-7-5-3-4-6-7/h9H,6-8H2,1-5H3;7-8H,3-6H2,1-2H3;6-9H,3-5H2,1-2H3;2*8H,4-7H2,1-3H3;7-9H,4-6H2,1-3H3;6-8H,2-5H2,1H3;7-8H,3-6H2,1-2H3;8H,2-7H2,1H3;2*7H,2-6H2,1H3/t;7-,8?,9?;6-,7?,8?,9?;;8-;;6-,7?,8?;7-,8?;;;/m.00.1.01.../s1. The number of hydrogen-bond donors (Lipinski definition) is 0. The second-order valence-electron chi connectivity index (χ2n) is 41.3. The Morgan fingerprint density at radius 2 is 0.691 bits per heavy atom. The van der Waals surface area contributed by atoms with E-state index in [-0.39, 0.29) is 0 Å². The topological polar surface area (TPSA) is 0 Å². The van der Waals surface area contributed by atoms with Gasteiger partial charge < -0.3 is 0 Å². The summed E-state index contributed by atoms with van der Waals surface area (Å²) in [6, 6.07) is 0. The molecule has 0 aromatic carbocycles. The summed E-state index contributed by atoms with van der Waals surface area (Å²) in [6.45, 7) is 57.5. The van der Waals surface area contributed by atoms with Gasteiger partial charge >= 0.3 is 0 Å². The van der Waals surface area contributed by atoms with Crippen molar-refractivity contribution in [3.05, 3.63) is 0 Å². The highest BCUT2D eigenvalue weighted by Crippen LogP contribution is 2.57. The molecule has 14 aliphatic rings. The molecule has 558 valence electrons. The molecule has 10 unspecified atom stereocenters. The van der Waals surface area contributed by atoms with Crippen molar-refractivity contribution in [1.82, 2.24) is 0 Å². The fourth-order valence-electron chi connectivity index (χ4n) is 21.6. The van der Waals surface area contributed by atoms with Crippen LogP contribution >= 0.6 is 0 Å². The fourth-order valence-corrected chi connectivity index (χ4v) is 21.6. The average Bonchev–Trinajstić information content (AvgIpc) is 1.41. The smallest absolute Gasteiger partial charge is 0.0297 e. The van der Waals surface area contributed by atoms with Gasteiger partial charge in [0.05, 0.1) is 0 Å². The molecule has 0 radical (unpaired) electrons. The summed E-state index contributed by atoms with van der Waals surface area (Å²) in [7, 11) is 0. The van der Waals surface area contributed by atoms with Crippen LogP contribution in [0.2, 0.25) is 0 Å². The van der Waals surface area contributed by atoms with Crippen LogP contribution in [0.3, 0.4) is 0 Å². The zero-order valence-corrected chi connectivity index (χ0v) is 69.9. The van der Waals surface area contributed by atoms with Crippen molar-refractivity contribution in [2.24, 2.45) is 145 Å². The molecule has 0 heterocycles. The summed E-state index contributed by atoms with van der Waals surface area (Å²) >= 11 is 0. The highest BCUT2D eigenvalue weighted by Gasteiger charge is 2.46. The molecule has 0 aromatic rings. The van der Waals surface area contributed by atoms with E-state index < -0.39 is 0 Å². The van der Waals surface area contributed by atoms with Gasteiger partial charge in [0.2, 0.25) is 0 Å². The maximum atomic E-state index is 2.48. The van der Waals surface area contributed by atoms with Crippen LogP contribution in [0.1, 0.15) is 455 Å². The SMILES string of the molecule is CC1C(C)(C)CCCC1(C)C.CC1C2CCC(C2)[C@H]1C.CC1CCC(C)(C)CC1.CC1CCCC(C)C1C.CC1CCCCC1.CC1CCCC[C@H]1C.CCC1CCCC1.CCC1CCCCC1.C[C@@H]1CCCCC1(C)C.C[C@H]1CC2CCC1(C)C2.C[C@H]1CC2CCC1C2. The molecule has 0 nitrogen and oxygen atoms in total. The molecule has 0 aliphatic heterocycles. The second kappa shape index (κ2) is 43.2. The van der Waals surface area contributed by atoms with Crippen LogP contribution < -0.4 is 0 Å². The molecule has 0 saturated heterocycles. The van der Waals surface area contributed by atoms with Crippen molar-refractivity contribution < 1.29 is 0 Å². The Kier molecular flexibility index (Phi) is 39.7. The molecule has 14 fully saturated rings. The lowest BCUT2D eigenvalue weighted by Gasteiger charge is -2.47. The second-order valence-corrected chi connectivity index (χ2v) is 41.3. The first-order valence-electron chi connectivity index (χ1n) is 44.2. The third-order valence-corrected chi connectivity index (χ3v) is 32.2. The first-order valence-corrected chi connectivity index (χ1v) is 44.2. The van der Waals surface area contributed by atoms with Crippen LogP contribution in [0.5, 0.6) is 0 Å². The Bertz CT molecular complexity index is 1810. The van der Waals surface area contributed by atoms with E-state index >= 15 is 0 Å². The van der Waals surface area contributed by atoms with E-state index in [0.29, 0.717) is 21.7 Å². The Morgan fingerprint density at radius 3 is 0.957 bits per heavy atom. The lowest BCUT2D eigenvalue weighted by molar-refractivity contribution is 0.0286. The van der Waals surface area contributed by atoms with Gasteiger partial charge in [-0.2, -0.15) is 0 Å². The van der Waals surface area contributed by atoms with Gasteiger partial charge in [0.25, 0.3) is 0 Å². The Balaban J connectivity index is 0.000000221. The van der Waals surface area contributed by atoms with Crippen molar-refractivity contribution >= 4 is 0 Å². The van der Waals surface area contributed by atoms with E-state index in [2.05, 4.69) is 166 Å². The molecule has 14 aliphatic carbocycles. The van der Waals surface area contributed by atoms with Crippen molar-refractivity contribution in [2.75, 3.05) is 0 Å². The normalized spacial score (nSPS) is 38.2. The minimum atomic E-state index is 0.571. The minimum absolute atomic E-state index is 0.571. The Labute approximate surface area is 597 Å². The van der Waals surface area contributed by atoms with E-state index in [1.807, 2.05) is 0 Å². The highest BCUT2D eigenvalue weighted by atomic mass is 14.5. The number of rotatable bonds is 2. The molecule has 0 spiro atoms. The van der Waals surface area contributed by atoms with E-state index in [9.17, 15) is 0 Å². The molecule has 0 aromatic heterocycles. The molecule has 14 saturated carbocycles. The quantitative estimate of drug-likeness (QED) is 0.259. The van der Waals surface area contributed by atoms with E-state index in [1.54, 1.807) is 32.1 Å². The van der Waals surface area contributed by atoms with Crippen LogP contribution in [-0.4, -0.2) is 0 Å². The molecule has 0 heteroatoms. The van der Waals surface area contributed by atoms with Crippen LogP contribution in [0.4, 0.5) is 0 Å². The van der Waals surface area contributed by atoms with Crippen LogP contribution in [0.15, 0.2) is 0 Å². The third-order valence-electron chi connectivity index (χ3n) is 32.2. The van der Waals surface area contributed by atoms with Gasteiger partial charge in [0, 0.05) is 0 Å². The summed E-state index contributed by atoms with van der Waals surface area (Å²) in [5.74, 6) is 20.8. The van der Waals surface area contributed by atoms with Gasteiger partial charge in [-0.15, -0.1) is 0 Å². The van der Waals surface area contributed by atoms with Crippen LogP contribution in [0, 0.1) is 145 Å². The Morgan fingerprint density at radius 1 is 0.266 bits per heavy atom. The zero-order chi connectivity index (χ0) is 69.9. The molecule has 15 atom stereocenters. The monoisotopic (exact) mass is 1310 g/mol. The van der Waals surface area contributed by atoms with Crippen LogP contribution in [0.25, 0.3) is 0 Å². The molecule has 94 heavy (non-hydrogen) atoms. The predicted octanol–water partition coefficient (Wildman–Crippen LogP) is 32.3. The minimum Gasteiger partial charge on any atom is -0.0651 e. The molecular formula is C94H182. The first kappa shape index (κ1) is 86.4. The van der Waals surface area contributed by atoms with Crippen LogP contribution in [-0.2, 0) is 0 Å². The van der Waals surface area contributed by atoms with E-state index in [4.69, 9.17) is 0 Å². The summed E-state index contributed by atoms with van der Waals surface area (Å²) in [5, 5.41) is 0. The molecule has 0 N–H and O–H groups in total. The van der Waals surface area contributed by atoms with Gasteiger partial charge in [-0.3, -0.25) is 0 Å². The van der Waals surface area contributed by atoms with Crippen molar-refractivity contribution in [2.45, 2.75) is 455 Å². The molecular weight excluding hydrogens is 1130 g/mol. The van der Waals surface area contributed by atoms with Gasteiger partial charge in [-0.25, -0.2) is 0 Å². The lowest BCUT2D eigenvalue weighted by atomic mass is 9.58. The highest BCUT2D eigenvalue weighted by molar-refractivity contribution is 4.97. The number of fused-ring (bicyclic) bond motifs is 6. The van der Waals surface area contributed by atoms with E-state index in [1.165, 1.54) is 257 Å². The molecule has 6 bridgehead atoms. The Hall–Kier alpha value is 0. The first-order chi connectivity index (χ1) is 44.2. The fraction of sp³-hybridized carbons (Fsp3) is 1.00. The van der Waals surface area contributed by atoms with Gasteiger partial charge in [-0.1, -0.05) is 359 Å². The predicted molar refractivity (Wildman–Crippen MR) is 426 cm³/mol. The van der Waals surface area contributed by atoms with Gasteiger partial charge in [0.15, 0.2) is 0 Å². The third kappa shape index (κ3) is 30.9. The summed E-state index contributed by atoms with van der Waals surface area (Å²) in [5.41, 5.74) is 3.21. The van der Waals surface area contributed by atoms with Crippen molar-refractivity contribution in [3.8, 4) is 0 Å². The molecule has 14 rings (SSSR count). The number of hydrogen-bond acceptors (Lipinski definition) is 0. The lowest BCUT2D eigenvalue weighted by Crippen LogP contribution is -2.38.